The van der Waals surface area contributed by atoms with Gasteiger partial charge in [-0.05, 0) is 13.0 Å². The molecule has 0 amide bonds. The molecule has 5 nitrogen and oxygen atoms in total. The summed E-state index contributed by atoms with van der Waals surface area (Å²) in [5, 5.41) is 3.83. The first-order valence-corrected chi connectivity index (χ1v) is 5.99. The lowest BCUT2D eigenvalue weighted by molar-refractivity contribution is 0.281. The zero-order valence-corrected chi connectivity index (χ0v) is 10.6. The lowest BCUT2D eigenvalue weighted by Crippen LogP contribution is -2.08. The maximum absolute atomic E-state index is 5.88. The summed E-state index contributed by atoms with van der Waals surface area (Å²) in [5.74, 6) is 1.93. The molecule has 1 heterocycles. The van der Waals surface area contributed by atoms with Crippen molar-refractivity contribution in [1.82, 2.24) is 10.1 Å². The minimum atomic E-state index is -0.0716. The highest BCUT2D eigenvalue weighted by Gasteiger charge is 2.09. The molecule has 1 atom stereocenters. The molecule has 18 heavy (non-hydrogen) atoms. The molecule has 0 fully saturated rings. The van der Waals surface area contributed by atoms with Gasteiger partial charge >= 0.3 is 0 Å². The second kappa shape index (κ2) is 5.64. The smallest absolute Gasteiger partial charge is 0.226 e. The summed E-state index contributed by atoms with van der Waals surface area (Å²) in [5.41, 5.74) is 6.85. The van der Waals surface area contributed by atoms with Crippen LogP contribution >= 0.6 is 0 Å². The second-order valence-electron chi connectivity index (χ2n) is 4.07. The van der Waals surface area contributed by atoms with Crippen LogP contribution in [0.15, 0.2) is 28.8 Å². The third kappa shape index (κ3) is 2.87. The van der Waals surface area contributed by atoms with E-state index in [1.807, 2.05) is 38.1 Å². The normalized spacial score (nSPS) is 12.4. The number of hydrogen-bond acceptors (Lipinski definition) is 5. The molecule has 0 saturated heterocycles. The molecule has 2 N–H and O–H groups in total. The molecular weight excluding hydrogens is 230 g/mol. The van der Waals surface area contributed by atoms with E-state index in [1.54, 1.807) is 0 Å². The number of aromatic nitrogens is 2. The van der Waals surface area contributed by atoms with Crippen LogP contribution in [0.25, 0.3) is 0 Å². The van der Waals surface area contributed by atoms with E-state index in [0.717, 1.165) is 17.7 Å². The van der Waals surface area contributed by atoms with E-state index in [0.29, 0.717) is 11.7 Å². The minimum Gasteiger partial charge on any atom is -0.485 e. The van der Waals surface area contributed by atoms with E-state index in [9.17, 15) is 0 Å². The summed E-state index contributed by atoms with van der Waals surface area (Å²) < 4.78 is 10.7. The molecule has 2 rings (SSSR count). The van der Waals surface area contributed by atoms with Crippen LogP contribution < -0.4 is 10.5 Å². The molecule has 0 bridgehead atoms. The first-order valence-electron chi connectivity index (χ1n) is 5.99. The van der Waals surface area contributed by atoms with Crippen molar-refractivity contribution in [2.24, 2.45) is 5.73 Å². The highest BCUT2D eigenvalue weighted by Crippen LogP contribution is 2.23. The summed E-state index contributed by atoms with van der Waals surface area (Å²) in [7, 11) is 0. The van der Waals surface area contributed by atoms with Gasteiger partial charge in [0.1, 0.15) is 5.75 Å². The Hall–Kier alpha value is -1.88. The van der Waals surface area contributed by atoms with Crippen molar-refractivity contribution in [2.45, 2.75) is 32.9 Å². The number of rotatable bonds is 5. The highest BCUT2D eigenvalue weighted by molar-refractivity contribution is 5.35. The Morgan fingerprint density at radius 3 is 2.83 bits per heavy atom. The third-order valence-electron chi connectivity index (χ3n) is 2.58. The monoisotopic (exact) mass is 247 g/mol. The van der Waals surface area contributed by atoms with Crippen molar-refractivity contribution in [1.29, 1.82) is 0 Å². The summed E-state index contributed by atoms with van der Waals surface area (Å²) in [6, 6.07) is 7.62. The third-order valence-corrected chi connectivity index (χ3v) is 2.58. The van der Waals surface area contributed by atoms with Gasteiger partial charge in [0.05, 0.1) is 0 Å². The summed E-state index contributed by atoms with van der Waals surface area (Å²) in [6.45, 7) is 4.17. The van der Waals surface area contributed by atoms with Gasteiger partial charge in [-0.3, -0.25) is 0 Å². The van der Waals surface area contributed by atoms with Crippen LogP contribution in [0.4, 0.5) is 0 Å². The Kier molecular flexibility index (Phi) is 3.94. The van der Waals surface area contributed by atoms with Gasteiger partial charge in [0, 0.05) is 18.0 Å². The predicted molar refractivity (Wildman–Crippen MR) is 67.1 cm³/mol. The Morgan fingerprint density at radius 1 is 1.39 bits per heavy atom. The summed E-state index contributed by atoms with van der Waals surface area (Å²) >= 11 is 0. The van der Waals surface area contributed by atoms with E-state index in [2.05, 4.69) is 10.1 Å². The van der Waals surface area contributed by atoms with Crippen molar-refractivity contribution in [3.05, 3.63) is 41.5 Å². The molecule has 1 aromatic carbocycles. The first-order chi connectivity index (χ1) is 8.70. The van der Waals surface area contributed by atoms with Crippen LogP contribution in [0, 0.1) is 0 Å². The van der Waals surface area contributed by atoms with Gasteiger partial charge in [0.25, 0.3) is 0 Å². The zero-order valence-electron chi connectivity index (χ0n) is 10.6. The second-order valence-corrected chi connectivity index (χ2v) is 4.07. The van der Waals surface area contributed by atoms with Crippen molar-refractivity contribution in [3.63, 3.8) is 0 Å². The molecule has 0 radical (unpaired) electrons. The van der Waals surface area contributed by atoms with E-state index >= 15 is 0 Å². The quantitative estimate of drug-likeness (QED) is 0.877. The molecule has 96 valence electrons. The number of para-hydroxylation sites is 1. The molecule has 1 aromatic heterocycles. The maximum atomic E-state index is 5.88. The minimum absolute atomic E-state index is 0.0716. The van der Waals surface area contributed by atoms with Gasteiger partial charge in [-0.1, -0.05) is 30.3 Å². The molecular formula is C13H17N3O2. The number of hydrogen-bond donors (Lipinski definition) is 1. The van der Waals surface area contributed by atoms with E-state index in [1.165, 1.54) is 0 Å². The molecule has 0 aliphatic carbocycles. The average Bonchev–Trinajstić information content (AvgIpc) is 2.84. The van der Waals surface area contributed by atoms with E-state index < -0.39 is 0 Å². The van der Waals surface area contributed by atoms with Crippen molar-refractivity contribution in [2.75, 3.05) is 0 Å². The Bertz CT molecular complexity index is 508. The largest absolute Gasteiger partial charge is 0.485 e. The maximum Gasteiger partial charge on any atom is 0.226 e. The van der Waals surface area contributed by atoms with Crippen LogP contribution in [0.1, 0.15) is 37.2 Å². The fraction of sp³-hybridized carbons (Fsp3) is 0.385. The van der Waals surface area contributed by atoms with E-state index in [4.69, 9.17) is 15.0 Å². The Labute approximate surface area is 106 Å². The van der Waals surface area contributed by atoms with Crippen LogP contribution in [0.3, 0.4) is 0 Å². The van der Waals surface area contributed by atoms with Gasteiger partial charge < -0.3 is 15.0 Å². The number of benzene rings is 1. The van der Waals surface area contributed by atoms with Crippen molar-refractivity contribution < 1.29 is 9.26 Å². The van der Waals surface area contributed by atoms with Crippen molar-refractivity contribution >= 4 is 0 Å². The summed E-state index contributed by atoms with van der Waals surface area (Å²) in [4.78, 5) is 4.18. The fourth-order valence-electron chi connectivity index (χ4n) is 1.62. The highest BCUT2D eigenvalue weighted by atomic mass is 16.5. The standard InChI is InChI=1S/C13H17N3O2/c1-3-13-15-12(16-18-13)8-17-11-7-5-4-6-10(11)9(2)14/h4-7,9H,3,8,14H2,1-2H3. The number of aryl methyl sites for hydroxylation is 1. The number of ether oxygens (including phenoxy) is 1. The van der Waals surface area contributed by atoms with Gasteiger partial charge in [0.15, 0.2) is 6.61 Å². The van der Waals surface area contributed by atoms with Gasteiger partial charge in [-0.2, -0.15) is 4.98 Å². The topological polar surface area (TPSA) is 74.2 Å². The molecule has 1 unspecified atom stereocenters. The molecule has 0 aliphatic heterocycles. The predicted octanol–water partition coefficient (Wildman–Crippen LogP) is 2.23. The van der Waals surface area contributed by atoms with Crippen LogP contribution in [-0.2, 0) is 13.0 Å². The van der Waals surface area contributed by atoms with Crippen LogP contribution in [-0.4, -0.2) is 10.1 Å². The average molecular weight is 247 g/mol. The number of nitrogens with zero attached hydrogens (tertiary/aromatic N) is 2. The fourth-order valence-corrected chi connectivity index (χ4v) is 1.62. The SMILES string of the molecule is CCc1nc(COc2ccccc2C(C)N)no1. The van der Waals surface area contributed by atoms with Gasteiger partial charge in [-0.15, -0.1) is 0 Å². The van der Waals surface area contributed by atoms with Crippen LogP contribution in [0.2, 0.25) is 0 Å². The molecule has 2 aromatic rings. The molecule has 0 spiro atoms. The van der Waals surface area contributed by atoms with Crippen LogP contribution in [0.5, 0.6) is 5.75 Å². The van der Waals surface area contributed by atoms with Gasteiger partial charge in [-0.25, -0.2) is 0 Å². The lowest BCUT2D eigenvalue weighted by Gasteiger charge is -2.12. The number of nitrogens with two attached hydrogens (primary N) is 1. The van der Waals surface area contributed by atoms with Gasteiger partial charge in [0.2, 0.25) is 11.7 Å². The Balaban J connectivity index is 2.05. The Morgan fingerprint density at radius 2 is 2.17 bits per heavy atom. The molecule has 0 aliphatic rings. The lowest BCUT2D eigenvalue weighted by atomic mass is 10.1. The molecule has 0 saturated carbocycles. The molecule has 5 heteroatoms. The van der Waals surface area contributed by atoms with Crippen molar-refractivity contribution in [3.8, 4) is 5.75 Å². The summed E-state index contributed by atoms with van der Waals surface area (Å²) in [6.07, 6.45) is 0.726. The van der Waals surface area contributed by atoms with E-state index in [-0.39, 0.29) is 12.6 Å². The zero-order chi connectivity index (χ0) is 13.0. The first kappa shape index (κ1) is 12.6.